The van der Waals surface area contributed by atoms with Crippen LogP contribution in [0, 0.1) is 20.8 Å². The number of unbranched alkanes of at least 4 members (excludes halogenated alkanes) is 3. The molecule has 0 spiro atoms. The highest BCUT2D eigenvalue weighted by Crippen LogP contribution is 2.37. The maximum Gasteiger partial charge on any atom is 0.332 e. The molecule has 0 fully saturated rings. The quantitative estimate of drug-likeness (QED) is 0.0171. The van der Waals surface area contributed by atoms with Crippen LogP contribution in [0.4, 0.5) is 0 Å². The molecular weight excluding hydrogens is 1580 g/mol. The molecule has 0 aliphatic carbocycles. The third-order valence-electron chi connectivity index (χ3n) is 22.4. The van der Waals surface area contributed by atoms with E-state index in [1.54, 1.807) is 36.4 Å². The number of aromatic nitrogens is 3. The summed E-state index contributed by atoms with van der Waals surface area (Å²) in [5.41, 5.74) is 14.5. The van der Waals surface area contributed by atoms with Crippen LogP contribution < -0.4 is 0 Å². The molecule has 18 nitrogen and oxygen atoms in total. The summed E-state index contributed by atoms with van der Waals surface area (Å²) in [4.78, 5) is 132. The summed E-state index contributed by atoms with van der Waals surface area (Å²) in [5, 5.41) is 23.2. The average molecular weight is 1670 g/mol. The van der Waals surface area contributed by atoms with Gasteiger partial charge in [-0.3, -0.25) is 28.8 Å². The third-order valence-corrected chi connectivity index (χ3v) is 23.3. The fraction of sp³-hybridized carbons (Fsp3) is 0.151. The van der Waals surface area contributed by atoms with Crippen molar-refractivity contribution in [3.63, 3.8) is 0 Å². The predicted molar refractivity (Wildman–Crippen MR) is 498 cm³/mol. The van der Waals surface area contributed by atoms with Gasteiger partial charge >= 0.3 is 17.9 Å². The van der Waals surface area contributed by atoms with Crippen molar-refractivity contribution in [1.29, 1.82) is 0 Å². The van der Waals surface area contributed by atoms with Gasteiger partial charge in [0, 0.05) is 167 Å². The average Bonchev–Trinajstić information content (AvgIpc) is 1.61. The normalized spacial score (nSPS) is 11.7. The zero-order valence-electron chi connectivity index (χ0n) is 70.6. The molecule has 0 aliphatic heterocycles. The smallest absolute Gasteiger partial charge is 0.332 e. The summed E-state index contributed by atoms with van der Waals surface area (Å²) >= 11 is 1.41. The van der Waals surface area contributed by atoms with Gasteiger partial charge in [-0.05, 0) is 212 Å². The molecule has 0 bridgehead atoms. The minimum atomic E-state index is -0.612. The minimum Gasteiger partial charge on any atom is -0.341 e. The highest BCUT2D eigenvalue weighted by molar-refractivity contribution is 7.12. The number of aryl methyl sites for hydroxylation is 6. The van der Waals surface area contributed by atoms with E-state index in [0.717, 1.165) is 136 Å². The lowest BCUT2D eigenvalue weighted by atomic mass is 9.96. The van der Waals surface area contributed by atoms with Crippen LogP contribution in [0.5, 0.6) is 0 Å². The van der Waals surface area contributed by atoms with Crippen LogP contribution in [0.2, 0.25) is 0 Å². The first-order chi connectivity index (χ1) is 60.6. The zero-order chi connectivity index (χ0) is 87.7. The number of thiophene rings is 1. The summed E-state index contributed by atoms with van der Waals surface area (Å²) in [5.74, 6) is -3.07. The SMILES string of the molecule is CCCCCCn1c2ccc(C(=O)/C(=N/OC(C)=O)c3ccccc3C)cc2c2cc(C(=O)c3ccc4ccccc4c3)ccc21.CCn1c2ccc(C(=O)/C(=N/OC(C)=O)c3ccccc3C)cc2c2cc(C(=O)c3ccc4ccccc4c3)ccc21.CCn1c2ccc(C(=O)/C(=N/OC(C)=O)c3ccccc3C)cc2c2cc(C(=O)c3cccs3)ccc21. The number of carbonyl (C=O) groups excluding carboxylic acids is 9. The summed E-state index contributed by atoms with van der Waals surface area (Å²) in [6.07, 6.45) is 4.47. The zero-order valence-corrected chi connectivity index (χ0v) is 71.4. The van der Waals surface area contributed by atoms with E-state index in [-0.39, 0.29) is 51.8 Å². The Labute approximate surface area is 725 Å². The number of hydrogen-bond acceptors (Lipinski definition) is 16. The third kappa shape index (κ3) is 17.9. The second kappa shape index (κ2) is 37.5. The molecule has 620 valence electrons. The number of benzene rings is 13. The summed E-state index contributed by atoms with van der Waals surface area (Å²) in [6.45, 7) is 18.0. The van der Waals surface area contributed by atoms with Crippen molar-refractivity contribution in [2.45, 2.75) is 108 Å². The first-order valence-corrected chi connectivity index (χ1v) is 42.4. The number of carbonyl (C=O) groups is 9. The van der Waals surface area contributed by atoms with E-state index < -0.39 is 17.9 Å². The molecule has 125 heavy (non-hydrogen) atoms. The number of oxime groups is 3. The fourth-order valence-corrected chi connectivity index (χ4v) is 16.9. The van der Waals surface area contributed by atoms with Gasteiger partial charge in [0.15, 0.2) is 28.7 Å². The van der Waals surface area contributed by atoms with Crippen LogP contribution in [-0.2, 0) is 48.5 Å². The van der Waals surface area contributed by atoms with Gasteiger partial charge in [0.25, 0.3) is 0 Å². The van der Waals surface area contributed by atoms with Gasteiger partial charge in [0.1, 0.15) is 0 Å². The molecule has 13 aromatic carbocycles. The summed E-state index contributed by atoms with van der Waals surface area (Å²) in [7, 11) is 0. The van der Waals surface area contributed by atoms with Crippen LogP contribution in [0.25, 0.3) is 87.0 Å². The number of nitrogens with zero attached hydrogens (tertiary/aromatic N) is 6. The standard InChI is InChI=1S/C40H36N2O4.C36H28N2O4.C30H24N2O4S/c1-4-5-6-11-22-42-36-20-18-31(39(44)30-17-16-28-13-8-9-14-29(28)23-30)24-34(36)35-25-32(19-21-37(35)42)40(45)38(41-46-27(3)43)33-15-10-7-12-26(33)2;1-4-38-32-17-15-27(35(40)26-14-13-24-10-6-7-11-25(24)19-26)20-30(32)31-21-28(16-18-33(31)38)36(41)34(37-42-23(3)39)29-12-8-5-9-22(29)2;1-4-32-25-13-11-20(29(34)27-10-7-15-37-27)16-23(25)24-17-21(12-14-26(24)32)30(35)28(31-36-19(3)33)22-9-6-5-8-18(22)2/h7-10,12-21,23-25H,4-6,11,22H2,1-3H3;5-21H,4H2,1-3H3;5-17H,4H2,1-3H3/b41-38+;37-34+;31-28+. The lowest BCUT2D eigenvalue weighted by Gasteiger charge is -2.10. The van der Waals surface area contributed by atoms with E-state index in [1.807, 2.05) is 269 Å². The predicted octanol–water partition coefficient (Wildman–Crippen LogP) is 23.4. The molecule has 0 aliphatic rings. The number of rotatable bonds is 25. The molecule has 19 heteroatoms. The molecule has 4 heterocycles. The van der Waals surface area contributed by atoms with E-state index >= 15 is 0 Å². The van der Waals surface area contributed by atoms with Crippen molar-refractivity contribution in [2.24, 2.45) is 15.5 Å². The number of Topliss-reactive ketones (excluding diaryl/α,β-unsaturated/α-hetero) is 3. The number of ketones is 6. The van der Waals surface area contributed by atoms with Crippen molar-refractivity contribution < 1.29 is 57.7 Å². The second-order valence-electron chi connectivity index (χ2n) is 30.7. The van der Waals surface area contributed by atoms with E-state index in [9.17, 15) is 43.2 Å². The molecule has 0 saturated heterocycles. The molecule has 17 rings (SSSR count). The molecular formula is C106H88N6O12S. The van der Waals surface area contributed by atoms with Crippen LogP contribution in [0.15, 0.2) is 300 Å². The Hall–Kier alpha value is -15.1. The molecule has 17 aromatic rings. The van der Waals surface area contributed by atoms with Crippen molar-refractivity contribution >= 4 is 168 Å². The van der Waals surface area contributed by atoms with E-state index in [4.69, 9.17) is 14.5 Å². The second-order valence-corrected chi connectivity index (χ2v) is 31.6. The number of fused-ring (bicyclic) bond motifs is 11. The highest BCUT2D eigenvalue weighted by Gasteiger charge is 2.28. The Balaban J connectivity index is 0.000000146. The van der Waals surface area contributed by atoms with Gasteiger partial charge in [-0.25, -0.2) is 14.4 Å². The molecule has 0 N–H and O–H groups in total. The molecule has 0 amide bonds. The van der Waals surface area contributed by atoms with Crippen LogP contribution in [0.3, 0.4) is 0 Å². The monoisotopic (exact) mass is 1670 g/mol. The van der Waals surface area contributed by atoms with Gasteiger partial charge in [-0.1, -0.05) is 193 Å². The fourth-order valence-electron chi connectivity index (χ4n) is 16.2. The first kappa shape index (κ1) is 84.9. The van der Waals surface area contributed by atoms with Crippen molar-refractivity contribution in [2.75, 3.05) is 0 Å². The topological polar surface area (TPSA) is 233 Å². The number of hydrogen-bond donors (Lipinski definition) is 0. The van der Waals surface area contributed by atoms with Crippen LogP contribution >= 0.6 is 11.3 Å². The van der Waals surface area contributed by atoms with Gasteiger partial charge in [0.05, 0.1) is 4.88 Å². The minimum absolute atomic E-state index is 0.0307. The van der Waals surface area contributed by atoms with Gasteiger partial charge < -0.3 is 28.2 Å². The van der Waals surface area contributed by atoms with Crippen LogP contribution in [-0.4, -0.2) is 83.4 Å². The van der Waals surface area contributed by atoms with Gasteiger partial charge in [-0.2, -0.15) is 0 Å². The maximum atomic E-state index is 14.0. The van der Waals surface area contributed by atoms with Crippen molar-refractivity contribution in [3.8, 4) is 0 Å². The Morgan fingerprint density at radius 3 is 0.912 bits per heavy atom. The lowest BCUT2D eigenvalue weighted by Crippen LogP contribution is -2.18. The Bertz CT molecular complexity index is 7320. The van der Waals surface area contributed by atoms with E-state index in [0.29, 0.717) is 72.6 Å². The van der Waals surface area contributed by atoms with Crippen molar-refractivity contribution in [1.82, 2.24) is 13.7 Å². The molecule has 4 aromatic heterocycles. The van der Waals surface area contributed by atoms with Gasteiger partial charge in [0.2, 0.25) is 23.1 Å². The summed E-state index contributed by atoms with van der Waals surface area (Å²) in [6, 6.07) is 87.2. The maximum absolute atomic E-state index is 14.0. The summed E-state index contributed by atoms with van der Waals surface area (Å²) < 4.78 is 6.61. The van der Waals surface area contributed by atoms with E-state index in [1.165, 1.54) is 38.5 Å². The molecule has 0 radical (unpaired) electrons. The Morgan fingerprint density at radius 1 is 0.296 bits per heavy atom. The molecule has 0 saturated carbocycles. The molecule has 0 atom stereocenters. The first-order valence-electron chi connectivity index (χ1n) is 41.5. The van der Waals surface area contributed by atoms with Crippen LogP contribution in [0.1, 0.15) is 179 Å². The van der Waals surface area contributed by atoms with Gasteiger partial charge in [-0.15, -0.1) is 11.3 Å². The van der Waals surface area contributed by atoms with Crippen molar-refractivity contribution in [3.05, 3.63) is 367 Å². The Morgan fingerprint density at radius 2 is 0.592 bits per heavy atom. The lowest BCUT2D eigenvalue weighted by molar-refractivity contribution is -0.141. The van der Waals surface area contributed by atoms with E-state index in [2.05, 4.69) is 49.9 Å². The highest BCUT2D eigenvalue weighted by atomic mass is 32.1. The molecule has 0 unspecified atom stereocenters. The Kier molecular flexibility index (Phi) is 25.5. The largest absolute Gasteiger partial charge is 0.341 e.